The number of benzene rings is 1. The van der Waals surface area contributed by atoms with Gasteiger partial charge in [0.1, 0.15) is 5.82 Å². The maximum Gasteiger partial charge on any atom is 0.322 e. The number of halogens is 2. The van der Waals surface area contributed by atoms with E-state index in [1.54, 1.807) is 0 Å². The Morgan fingerprint density at radius 2 is 2.27 bits per heavy atom. The van der Waals surface area contributed by atoms with E-state index < -0.39 is 11.8 Å². The van der Waals surface area contributed by atoms with Gasteiger partial charge in [-0.25, -0.2) is 14.2 Å². The molecule has 1 aliphatic rings. The van der Waals surface area contributed by atoms with Crippen LogP contribution < -0.4 is 10.9 Å². The van der Waals surface area contributed by atoms with Crippen molar-refractivity contribution in [3.05, 3.63) is 57.0 Å². The summed E-state index contributed by atoms with van der Waals surface area (Å²) in [5, 5.41) is 2.75. The molecule has 0 aliphatic carbocycles. The van der Waals surface area contributed by atoms with Crippen molar-refractivity contribution >= 4 is 23.3 Å². The van der Waals surface area contributed by atoms with E-state index in [9.17, 15) is 14.0 Å². The van der Waals surface area contributed by atoms with Gasteiger partial charge in [-0.05, 0) is 24.6 Å². The standard InChI is InChI=1S/C14H12ClFN4O2/c15-8-1-2-11(10(16)5-8)19-14(22)20-4-3-9-12(6-20)17-7-18-13(9)21/h1-2,5,7H,3-4,6H2,(H,19,22)(H,17,18,21). The summed E-state index contributed by atoms with van der Waals surface area (Å²) in [7, 11) is 0. The van der Waals surface area contributed by atoms with Crippen LogP contribution in [-0.4, -0.2) is 27.4 Å². The lowest BCUT2D eigenvalue weighted by Gasteiger charge is -2.27. The van der Waals surface area contributed by atoms with Crippen molar-refractivity contribution in [2.75, 3.05) is 11.9 Å². The van der Waals surface area contributed by atoms with Crippen molar-refractivity contribution in [2.45, 2.75) is 13.0 Å². The minimum absolute atomic E-state index is 0.0547. The quantitative estimate of drug-likeness (QED) is 0.844. The summed E-state index contributed by atoms with van der Waals surface area (Å²) in [5.41, 5.74) is 1.01. The Bertz CT molecular complexity index is 793. The molecule has 0 fully saturated rings. The fourth-order valence-corrected chi connectivity index (χ4v) is 2.48. The van der Waals surface area contributed by atoms with E-state index in [1.807, 2.05) is 0 Å². The minimum atomic E-state index is -0.604. The summed E-state index contributed by atoms with van der Waals surface area (Å²) in [6.07, 6.45) is 1.72. The van der Waals surface area contributed by atoms with E-state index in [0.717, 1.165) is 6.07 Å². The molecule has 0 atom stereocenters. The highest BCUT2D eigenvalue weighted by molar-refractivity contribution is 6.30. The first-order chi connectivity index (χ1) is 10.5. The van der Waals surface area contributed by atoms with Gasteiger partial charge < -0.3 is 15.2 Å². The van der Waals surface area contributed by atoms with E-state index >= 15 is 0 Å². The smallest absolute Gasteiger partial charge is 0.318 e. The Morgan fingerprint density at radius 3 is 3.05 bits per heavy atom. The number of aromatic nitrogens is 2. The van der Waals surface area contributed by atoms with Gasteiger partial charge in [0.05, 0.1) is 24.3 Å². The number of carbonyl (C=O) groups excluding carboxylic acids is 1. The van der Waals surface area contributed by atoms with Crippen molar-refractivity contribution < 1.29 is 9.18 Å². The zero-order valence-corrected chi connectivity index (χ0v) is 12.2. The molecule has 0 radical (unpaired) electrons. The van der Waals surface area contributed by atoms with Crippen molar-refractivity contribution in [2.24, 2.45) is 0 Å². The monoisotopic (exact) mass is 322 g/mol. The number of H-pyrrole nitrogens is 1. The van der Waals surface area contributed by atoms with Crippen LogP contribution in [0.3, 0.4) is 0 Å². The number of nitrogens with one attached hydrogen (secondary N) is 2. The lowest BCUT2D eigenvalue weighted by molar-refractivity contribution is 0.205. The Morgan fingerprint density at radius 1 is 1.45 bits per heavy atom. The molecule has 2 N–H and O–H groups in total. The van der Waals surface area contributed by atoms with Crippen molar-refractivity contribution in [1.82, 2.24) is 14.9 Å². The first kappa shape index (κ1) is 14.5. The third-order valence-corrected chi connectivity index (χ3v) is 3.71. The fourth-order valence-electron chi connectivity index (χ4n) is 2.32. The molecule has 2 aromatic rings. The van der Waals surface area contributed by atoms with Gasteiger partial charge in [-0.1, -0.05) is 11.6 Å². The Hall–Kier alpha value is -2.41. The molecular weight excluding hydrogens is 311 g/mol. The number of anilines is 1. The summed E-state index contributed by atoms with van der Waals surface area (Å²) in [4.78, 5) is 31.9. The molecule has 114 valence electrons. The number of carbonyl (C=O) groups is 1. The van der Waals surface area contributed by atoms with Crippen LogP contribution in [0.2, 0.25) is 5.02 Å². The molecule has 6 nitrogen and oxygen atoms in total. The van der Waals surface area contributed by atoms with Gasteiger partial charge in [-0.3, -0.25) is 4.79 Å². The molecule has 22 heavy (non-hydrogen) atoms. The van der Waals surface area contributed by atoms with Crippen LogP contribution in [0, 0.1) is 5.82 Å². The summed E-state index contributed by atoms with van der Waals surface area (Å²) in [5.74, 6) is -0.604. The topological polar surface area (TPSA) is 78.1 Å². The molecule has 3 rings (SSSR count). The molecule has 1 aromatic carbocycles. The largest absolute Gasteiger partial charge is 0.322 e. The maximum atomic E-state index is 13.7. The molecule has 0 spiro atoms. The van der Waals surface area contributed by atoms with Crippen LogP contribution >= 0.6 is 11.6 Å². The lowest BCUT2D eigenvalue weighted by Crippen LogP contribution is -2.41. The van der Waals surface area contributed by atoms with E-state index in [-0.39, 0.29) is 22.8 Å². The first-order valence-corrected chi connectivity index (χ1v) is 6.99. The molecule has 0 saturated heterocycles. The van der Waals surface area contributed by atoms with Crippen LogP contribution in [0.25, 0.3) is 0 Å². The zero-order chi connectivity index (χ0) is 15.7. The molecule has 2 amide bonds. The summed E-state index contributed by atoms with van der Waals surface area (Å²) in [6, 6.07) is 3.57. The number of fused-ring (bicyclic) bond motifs is 1. The van der Waals surface area contributed by atoms with Gasteiger partial charge in [-0.15, -0.1) is 0 Å². The first-order valence-electron chi connectivity index (χ1n) is 6.61. The van der Waals surface area contributed by atoms with Crippen LogP contribution in [0.5, 0.6) is 0 Å². The highest BCUT2D eigenvalue weighted by atomic mass is 35.5. The highest BCUT2D eigenvalue weighted by Crippen LogP contribution is 2.20. The second kappa shape index (κ2) is 5.76. The van der Waals surface area contributed by atoms with Crippen molar-refractivity contribution in [3.8, 4) is 0 Å². The number of hydrogen-bond donors (Lipinski definition) is 2. The number of nitrogens with zero attached hydrogens (tertiary/aromatic N) is 2. The molecular formula is C14H12ClFN4O2. The number of amides is 2. The Kier molecular flexibility index (Phi) is 3.81. The molecule has 1 aliphatic heterocycles. The van der Waals surface area contributed by atoms with Gasteiger partial charge in [-0.2, -0.15) is 0 Å². The second-order valence-corrected chi connectivity index (χ2v) is 5.32. The molecule has 0 bridgehead atoms. The predicted molar refractivity (Wildman–Crippen MR) is 79.4 cm³/mol. The van der Waals surface area contributed by atoms with E-state index in [4.69, 9.17) is 11.6 Å². The normalized spacial score (nSPS) is 13.6. The predicted octanol–water partition coefficient (Wildman–Crippen LogP) is 2.15. The van der Waals surface area contributed by atoms with E-state index in [2.05, 4.69) is 15.3 Å². The summed E-state index contributed by atoms with van der Waals surface area (Å²) < 4.78 is 13.7. The molecule has 1 aromatic heterocycles. The van der Waals surface area contributed by atoms with Crippen molar-refractivity contribution in [3.63, 3.8) is 0 Å². The highest BCUT2D eigenvalue weighted by Gasteiger charge is 2.24. The SMILES string of the molecule is O=C(Nc1ccc(Cl)cc1F)N1CCc2c(nc[nH]c2=O)C1. The molecule has 2 heterocycles. The molecule has 0 saturated carbocycles. The van der Waals surface area contributed by atoms with Crippen LogP contribution in [0.4, 0.5) is 14.9 Å². The van der Waals surface area contributed by atoms with Gasteiger partial charge in [0, 0.05) is 17.1 Å². The summed E-state index contributed by atoms with van der Waals surface area (Å²) in [6.45, 7) is 0.573. The lowest BCUT2D eigenvalue weighted by atomic mass is 10.1. The Labute approximate surface area is 129 Å². The maximum absolute atomic E-state index is 13.7. The third-order valence-electron chi connectivity index (χ3n) is 3.47. The number of urea groups is 1. The fraction of sp³-hybridized carbons (Fsp3) is 0.214. The van der Waals surface area contributed by atoms with E-state index in [1.165, 1.54) is 23.4 Å². The average molecular weight is 323 g/mol. The number of hydrogen-bond acceptors (Lipinski definition) is 3. The summed E-state index contributed by atoms with van der Waals surface area (Å²) >= 11 is 5.67. The van der Waals surface area contributed by atoms with Gasteiger partial charge in [0.15, 0.2) is 0 Å². The van der Waals surface area contributed by atoms with Crippen LogP contribution in [0.15, 0.2) is 29.3 Å². The zero-order valence-electron chi connectivity index (χ0n) is 11.4. The van der Waals surface area contributed by atoms with Crippen molar-refractivity contribution in [1.29, 1.82) is 0 Å². The van der Waals surface area contributed by atoms with Crippen LogP contribution in [0.1, 0.15) is 11.3 Å². The third kappa shape index (κ3) is 2.80. The second-order valence-electron chi connectivity index (χ2n) is 4.88. The number of rotatable bonds is 1. The Balaban J connectivity index is 1.75. The average Bonchev–Trinajstić information content (AvgIpc) is 2.50. The molecule has 8 heteroatoms. The number of aromatic amines is 1. The van der Waals surface area contributed by atoms with E-state index in [0.29, 0.717) is 24.2 Å². The van der Waals surface area contributed by atoms with Crippen LogP contribution in [-0.2, 0) is 13.0 Å². The van der Waals surface area contributed by atoms with Gasteiger partial charge >= 0.3 is 6.03 Å². The molecule has 0 unspecified atom stereocenters. The minimum Gasteiger partial charge on any atom is -0.318 e. The van der Waals surface area contributed by atoms with Gasteiger partial charge in [0.25, 0.3) is 5.56 Å². The van der Waals surface area contributed by atoms with Gasteiger partial charge in [0.2, 0.25) is 0 Å².